The summed E-state index contributed by atoms with van der Waals surface area (Å²) in [5, 5.41) is 0.736. The third-order valence-corrected chi connectivity index (χ3v) is 1.33. The van der Waals surface area contributed by atoms with Crippen LogP contribution in [0.1, 0.15) is 6.92 Å². The first-order valence-corrected chi connectivity index (χ1v) is 3.74. The monoisotopic (exact) mass is 172 g/mol. The molecule has 0 atom stereocenters. The van der Waals surface area contributed by atoms with Gasteiger partial charge in [-0.15, -0.1) is 0 Å². The third kappa shape index (κ3) is 8.39. The average molecular weight is 172 g/mol. The fraction of sp³-hybridized carbons (Fsp3) is 0.200. The molecule has 0 aliphatic carbocycles. The molecule has 0 bridgehead atoms. The number of allylic oxidation sites excluding steroid dienone is 2. The van der Waals surface area contributed by atoms with E-state index >= 15 is 0 Å². The molecule has 0 unspecified atom stereocenters. The second kappa shape index (κ2) is 5.09. The Kier molecular flexibility index (Phi) is 6.63. The van der Waals surface area contributed by atoms with Crippen molar-refractivity contribution in [2.45, 2.75) is 6.92 Å². The number of hydrogen-bond donors (Lipinski definition) is 1. The van der Waals surface area contributed by atoms with Gasteiger partial charge in [0, 0.05) is 0 Å². The average Bonchev–Trinajstić information content (AvgIpc) is 1.62. The zero-order chi connectivity index (χ0) is 7.49. The molecule has 0 fully saturated rings. The summed E-state index contributed by atoms with van der Waals surface area (Å²) in [5.74, 6) is 0. The Balaban J connectivity index is 0. The van der Waals surface area contributed by atoms with Crippen molar-refractivity contribution < 1.29 is 13.0 Å². The van der Waals surface area contributed by atoms with Gasteiger partial charge in [-0.2, -0.15) is 8.42 Å². The molecule has 0 aromatic rings. The first-order valence-electron chi connectivity index (χ1n) is 2.24. The van der Waals surface area contributed by atoms with Crippen LogP contribution in [0.2, 0.25) is 0 Å². The molecular formula is C5H9NaO3S. The molecule has 0 aliphatic rings. The van der Waals surface area contributed by atoms with E-state index in [2.05, 4.69) is 6.58 Å². The predicted octanol–water partition coefficient (Wildman–Crippen LogP) is 0.315. The van der Waals surface area contributed by atoms with Crippen molar-refractivity contribution in [1.29, 1.82) is 0 Å². The second-order valence-corrected chi connectivity index (χ2v) is 2.85. The molecule has 0 aliphatic heterocycles. The maximum atomic E-state index is 10.0. The predicted molar refractivity (Wildman–Crippen MR) is 42.7 cm³/mol. The minimum atomic E-state index is -3.97. The van der Waals surface area contributed by atoms with Crippen LogP contribution >= 0.6 is 0 Å². The molecule has 0 aromatic carbocycles. The van der Waals surface area contributed by atoms with Gasteiger partial charge in [-0.05, 0) is 12.5 Å². The van der Waals surface area contributed by atoms with E-state index in [0.29, 0.717) is 5.57 Å². The van der Waals surface area contributed by atoms with Gasteiger partial charge >= 0.3 is 29.6 Å². The molecule has 0 saturated heterocycles. The molecule has 0 radical (unpaired) electrons. The van der Waals surface area contributed by atoms with E-state index in [1.807, 2.05) is 0 Å². The van der Waals surface area contributed by atoms with E-state index in [9.17, 15) is 8.42 Å². The Bertz CT molecular complexity index is 227. The summed E-state index contributed by atoms with van der Waals surface area (Å²) in [6, 6.07) is 0. The summed E-state index contributed by atoms with van der Waals surface area (Å²) in [6.45, 7) is 4.83. The normalized spacial score (nSPS) is 12.0. The van der Waals surface area contributed by atoms with Crippen molar-refractivity contribution in [3.63, 3.8) is 0 Å². The van der Waals surface area contributed by atoms with Crippen molar-refractivity contribution in [3.8, 4) is 0 Å². The summed E-state index contributed by atoms with van der Waals surface area (Å²) in [4.78, 5) is 0. The van der Waals surface area contributed by atoms with Gasteiger partial charge in [0.2, 0.25) is 0 Å². The SMILES string of the molecule is C=CC(C)=CS(=O)(=O)O.[NaH]. The summed E-state index contributed by atoms with van der Waals surface area (Å²) in [5.41, 5.74) is 0.414. The molecule has 1 N–H and O–H groups in total. The summed E-state index contributed by atoms with van der Waals surface area (Å²) < 4.78 is 28.2. The first-order chi connectivity index (χ1) is 3.95. The van der Waals surface area contributed by atoms with Crippen LogP contribution in [-0.2, 0) is 10.1 Å². The fourth-order valence-corrected chi connectivity index (χ4v) is 0.849. The van der Waals surface area contributed by atoms with Crippen LogP contribution in [0, 0.1) is 0 Å². The van der Waals surface area contributed by atoms with Crippen LogP contribution < -0.4 is 0 Å². The van der Waals surface area contributed by atoms with E-state index in [1.165, 1.54) is 13.0 Å². The Morgan fingerprint density at radius 1 is 1.60 bits per heavy atom. The van der Waals surface area contributed by atoms with Gasteiger partial charge < -0.3 is 0 Å². The molecule has 54 valence electrons. The van der Waals surface area contributed by atoms with Gasteiger partial charge in [0.15, 0.2) is 0 Å². The quantitative estimate of drug-likeness (QED) is 0.370. The molecule has 3 nitrogen and oxygen atoms in total. The summed E-state index contributed by atoms with van der Waals surface area (Å²) >= 11 is 0. The van der Waals surface area contributed by atoms with E-state index in [4.69, 9.17) is 4.55 Å². The van der Waals surface area contributed by atoms with Gasteiger partial charge in [-0.25, -0.2) is 0 Å². The van der Waals surface area contributed by atoms with E-state index < -0.39 is 10.1 Å². The van der Waals surface area contributed by atoms with Gasteiger partial charge in [-0.1, -0.05) is 12.7 Å². The Morgan fingerprint density at radius 3 is 2.10 bits per heavy atom. The van der Waals surface area contributed by atoms with Crippen LogP contribution in [0.5, 0.6) is 0 Å². The Hall–Kier alpha value is 0.390. The van der Waals surface area contributed by atoms with Crippen LogP contribution in [0.15, 0.2) is 23.6 Å². The molecule has 0 saturated carbocycles. The maximum absolute atomic E-state index is 10.0. The second-order valence-electron chi connectivity index (χ2n) is 1.58. The molecule has 0 rings (SSSR count). The van der Waals surface area contributed by atoms with Gasteiger partial charge in [0.25, 0.3) is 10.1 Å². The molecule has 0 amide bonds. The third-order valence-electron chi connectivity index (χ3n) is 0.657. The Morgan fingerprint density at radius 2 is 2.00 bits per heavy atom. The molecule has 10 heavy (non-hydrogen) atoms. The first kappa shape index (κ1) is 13.0. The number of hydrogen-bond acceptors (Lipinski definition) is 2. The van der Waals surface area contributed by atoms with Crippen molar-refractivity contribution in [1.82, 2.24) is 0 Å². The molecule has 0 spiro atoms. The van der Waals surface area contributed by atoms with Gasteiger partial charge in [0.05, 0.1) is 5.41 Å². The summed E-state index contributed by atoms with van der Waals surface area (Å²) in [6.07, 6.45) is 1.34. The van der Waals surface area contributed by atoms with Crippen molar-refractivity contribution in [2.24, 2.45) is 0 Å². The summed E-state index contributed by atoms with van der Waals surface area (Å²) in [7, 11) is -3.97. The van der Waals surface area contributed by atoms with Crippen LogP contribution in [0.25, 0.3) is 0 Å². The van der Waals surface area contributed by atoms with Crippen molar-refractivity contribution >= 4 is 39.7 Å². The standard InChI is InChI=1S/C5H8O3S.Na.H/c1-3-5(2)4-9(6,7)8;;/h3-4H,1H2,2H3,(H,6,7,8);;. The van der Waals surface area contributed by atoms with Gasteiger partial charge in [0.1, 0.15) is 0 Å². The molecule has 5 heteroatoms. The van der Waals surface area contributed by atoms with Crippen LogP contribution in [-0.4, -0.2) is 42.5 Å². The van der Waals surface area contributed by atoms with Crippen molar-refractivity contribution in [2.75, 3.05) is 0 Å². The van der Waals surface area contributed by atoms with Gasteiger partial charge in [-0.3, -0.25) is 4.55 Å². The topological polar surface area (TPSA) is 54.4 Å². The Labute approximate surface area is 82.9 Å². The molecule has 0 aromatic heterocycles. The van der Waals surface area contributed by atoms with E-state index in [0.717, 1.165) is 5.41 Å². The van der Waals surface area contributed by atoms with Crippen LogP contribution in [0.3, 0.4) is 0 Å². The minimum absolute atomic E-state index is 0. The van der Waals surface area contributed by atoms with E-state index in [1.54, 1.807) is 0 Å². The van der Waals surface area contributed by atoms with Crippen LogP contribution in [0.4, 0.5) is 0 Å². The zero-order valence-electron chi connectivity index (χ0n) is 5.03. The fourth-order valence-electron chi connectivity index (χ4n) is 0.283. The zero-order valence-corrected chi connectivity index (χ0v) is 5.85. The number of rotatable bonds is 2. The van der Waals surface area contributed by atoms with Crippen molar-refractivity contribution in [3.05, 3.63) is 23.6 Å². The van der Waals surface area contributed by atoms with E-state index in [-0.39, 0.29) is 29.6 Å². The molecular weight excluding hydrogens is 163 g/mol. The molecule has 0 heterocycles.